The van der Waals surface area contributed by atoms with Gasteiger partial charge in [-0.2, -0.15) is 5.26 Å². The van der Waals surface area contributed by atoms with E-state index in [0.717, 1.165) is 25.6 Å². The van der Waals surface area contributed by atoms with Crippen LogP contribution >= 0.6 is 0 Å². The van der Waals surface area contributed by atoms with Gasteiger partial charge in [-0.15, -0.1) is 0 Å². The Morgan fingerprint density at radius 2 is 1.92 bits per heavy atom. The molecular weight excluding hydrogens is 631 g/mol. The molecule has 49 heavy (non-hydrogen) atoms. The van der Waals surface area contributed by atoms with Gasteiger partial charge in [0.2, 0.25) is 5.43 Å². The summed E-state index contributed by atoms with van der Waals surface area (Å²) in [6.07, 6.45) is 4.70. The highest BCUT2D eigenvalue weighted by atomic mass is 19.1. The van der Waals surface area contributed by atoms with E-state index in [4.69, 9.17) is 9.72 Å². The molecule has 1 aromatic carbocycles. The number of ether oxygens (including phenoxy) is 1. The van der Waals surface area contributed by atoms with Gasteiger partial charge < -0.3 is 29.2 Å². The van der Waals surface area contributed by atoms with Gasteiger partial charge in [0.1, 0.15) is 34.3 Å². The number of aromatic carboxylic acids is 1. The van der Waals surface area contributed by atoms with Gasteiger partial charge in [0.15, 0.2) is 0 Å². The monoisotopic (exact) mass is 666 g/mol. The molecule has 0 saturated carbocycles. The number of likely N-dealkylation sites (tertiary alicyclic amines) is 1. The van der Waals surface area contributed by atoms with Crippen molar-refractivity contribution in [2.75, 3.05) is 43.5 Å². The Morgan fingerprint density at radius 1 is 1.16 bits per heavy atom. The fourth-order valence-electron chi connectivity index (χ4n) is 7.39. The molecule has 4 aromatic heterocycles. The zero-order valence-electron chi connectivity index (χ0n) is 28.0. The lowest BCUT2D eigenvalue weighted by atomic mass is 9.98. The first kappa shape index (κ1) is 32.0. The Hall–Kier alpha value is -5.55. The Kier molecular flexibility index (Phi) is 7.36. The number of pyridine rings is 3. The predicted molar refractivity (Wildman–Crippen MR) is 183 cm³/mol. The third-order valence-electron chi connectivity index (χ3n) is 9.52. The summed E-state index contributed by atoms with van der Waals surface area (Å²) in [6.45, 7) is 7.57. The number of aromatic amines is 1. The van der Waals surface area contributed by atoms with Crippen molar-refractivity contribution in [1.29, 1.82) is 5.26 Å². The van der Waals surface area contributed by atoms with Crippen LogP contribution in [-0.4, -0.2) is 87.0 Å². The molecule has 7 rings (SSSR count). The van der Waals surface area contributed by atoms with Crippen LogP contribution in [0.2, 0.25) is 0 Å². The molecule has 2 atom stereocenters. The lowest BCUT2D eigenvalue weighted by Gasteiger charge is -2.29. The van der Waals surface area contributed by atoms with Crippen LogP contribution in [0, 0.1) is 23.1 Å². The van der Waals surface area contributed by atoms with E-state index in [9.17, 15) is 24.8 Å². The lowest BCUT2D eigenvalue weighted by Crippen LogP contribution is -2.35. The van der Waals surface area contributed by atoms with Gasteiger partial charge in [-0.1, -0.05) is 0 Å². The molecule has 2 fully saturated rings. The van der Waals surface area contributed by atoms with Crippen molar-refractivity contribution in [3.63, 3.8) is 0 Å². The summed E-state index contributed by atoms with van der Waals surface area (Å²) in [5.74, 6) is -1.79. The molecule has 6 heterocycles. The van der Waals surface area contributed by atoms with Crippen molar-refractivity contribution >= 4 is 56.4 Å². The number of hydrogen-bond donors (Lipinski definition) is 2. The number of carbonyl (C=O) groups excluding carboxylic acids is 1. The number of anilines is 2. The van der Waals surface area contributed by atoms with Gasteiger partial charge in [-0.25, -0.2) is 23.9 Å². The number of hydrogen-bond acceptors (Lipinski definition) is 9. The number of nitrogens with zero attached hydrogens (tertiary/aromatic N) is 7. The van der Waals surface area contributed by atoms with Crippen LogP contribution in [0.4, 0.5) is 20.6 Å². The molecule has 0 unspecified atom stereocenters. The maximum Gasteiger partial charge on any atom is 0.414 e. The number of benzene rings is 1. The number of halogens is 1. The van der Waals surface area contributed by atoms with Gasteiger partial charge in [-0.3, -0.25) is 9.69 Å². The lowest BCUT2D eigenvalue weighted by molar-refractivity contribution is 0.0588. The summed E-state index contributed by atoms with van der Waals surface area (Å²) < 4.78 is 23.0. The number of H-pyrrole nitrogens is 1. The molecule has 252 valence electrons. The number of likely N-dealkylation sites (N-methyl/N-ethyl adjacent to an activating group) is 1. The van der Waals surface area contributed by atoms with Crippen molar-refractivity contribution in [3.8, 4) is 17.2 Å². The maximum atomic E-state index is 16.0. The number of nitriles is 1. The van der Waals surface area contributed by atoms with Crippen LogP contribution in [0.25, 0.3) is 44.1 Å². The van der Waals surface area contributed by atoms with Crippen LogP contribution in [0.15, 0.2) is 35.5 Å². The first-order chi connectivity index (χ1) is 23.2. The minimum atomic E-state index is -1.35. The van der Waals surface area contributed by atoms with Crippen molar-refractivity contribution in [2.45, 2.75) is 38.8 Å². The van der Waals surface area contributed by atoms with E-state index in [1.165, 1.54) is 22.7 Å². The Morgan fingerprint density at radius 3 is 2.61 bits per heavy atom. The number of carbonyl (C=O) groups is 2. The largest absolute Gasteiger partial charge is 0.477 e. The molecule has 2 saturated heterocycles. The third kappa shape index (κ3) is 5.12. The zero-order valence-corrected chi connectivity index (χ0v) is 28.0. The van der Waals surface area contributed by atoms with Crippen LogP contribution in [0.3, 0.4) is 0 Å². The van der Waals surface area contributed by atoms with Gasteiger partial charge in [0.25, 0.3) is 0 Å². The molecule has 1 amide bonds. The van der Waals surface area contributed by atoms with Gasteiger partial charge >= 0.3 is 12.1 Å². The first-order valence-corrected chi connectivity index (χ1v) is 15.9. The second-order valence-corrected chi connectivity index (χ2v) is 13.9. The number of rotatable bonds is 4. The number of aryl methyl sites for hydroxylation is 1. The average molecular weight is 667 g/mol. The van der Waals surface area contributed by atoms with E-state index >= 15 is 4.39 Å². The second-order valence-electron chi connectivity index (χ2n) is 13.9. The highest BCUT2D eigenvalue weighted by Gasteiger charge is 2.42. The summed E-state index contributed by atoms with van der Waals surface area (Å²) in [7, 11) is 5.17. The van der Waals surface area contributed by atoms with Crippen LogP contribution in [-0.2, 0) is 11.8 Å². The summed E-state index contributed by atoms with van der Waals surface area (Å²) in [5, 5.41) is 20.9. The first-order valence-electron chi connectivity index (χ1n) is 15.9. The second kappa shape index (κ2) is 11.3. The van der Waals surface area contributed by atoms with Gasteiger partial charge in [0, 0.05) is 80.9 Å². The highest BCUT2D eigenvalue weighted by molar-refractivity contribution is 6.20. The Balaban J connectivity index is 1.55. The molecular formula is C35H35FN8O5. The summed E-state index contributed by atoms with van der Waals surface area (Å²) in [5.41, 5.74) is 0.889. The number of nitrogens with one attached hydrogen (secondary N) is 1. The number of aromatic nitrogens is 4. The number of amides is 1. The molecule has 13 nitrogen and oxygen atoms in total. The van der Waals surface area contributed by atoms with Crippen molar-refractivity contribution in [2.24, 2.45) is 13.0 Å². The van der Waals surface area contributed by atoms with E-state index < -0.39 is 28.9 Å². The highest BCUT2D eigenvalue weighted by Crippen LogP contribution is 2.47. The molecule has 0 aliphatic carbocycles. The van der Waals surface area contributed by atoms with E-state index in [1.807, 2.05) is 6.07 Å². The minimum absolute atomic E-state index is 0.0993. The standard InChI is InChI=1S/C35H35FN8O5/c1-35(2,3)49-34(48)43(6)24-10-23(36)20(11-37)26-27-29(44-8-7-17-14-41(4)16-25(17)44)21(13-38-31(27)40-28(24)26)18-9-19-30(45)22(33(46)47)15-42(5)32(19)39-12-18/h9-10,12-13,15,17,25H,7-8,14,16H2,1-6H3,(H,38,40)(H,46,47)/t17-,25+/m0/s1. The molecule has 2 N–H and O–H groups in total. The predicted octanol–water partition coefficient (Wildman–Crippen LogP) is 4.85. The molecule has 0 bridgehead atoms. The van der Waals surface area contributed by atoms with Crippen molar-refractivity contribution < 1.29 is 23.8 Å². The topological polar surface area (TPSA) is 161 Å². The quantitative estimate of drug-likeness (QED) is 0.271. The summed E-state index contributed by atoms with van der Waals surface area (Å²) >= 11 is 0. The minimum Gasteiger partial charge on any atom is -0.477 e. The number of carboxylic acids is 1. The summed E-state index contributed by atoms with van der Waals surface area (Å²) in [6, 6.07) is 4.89. The van der Waals surface area contributed by atoms with Crippen LogP contribution < -0.4 is 15.2 Å². The smallest absolute Gasteiger partial charge is 0.414 e. The zero-order chi connectivity index (χ0) is 35.1. The van der Waals surface area contributed by atoms with Crippen molar-refractivity contribution in [1.82, 2.24) is 24.4 Å². The number of fused-ring (bicyclic) bond motifs is 5. The molecule has 2 aliphatic heterocycles. The molecule has 0 radical (unpaired) electrons. The van der Waals surface area contributed by atoms with E-state index in [-0.39, 0.29) is 33.6 Å². The third-order valence-corrected chi connectivity index (χ3v) is 9.52. The number of carboxylic acid groups (broad SMARTS) is 1. The van der Waals surface area contributed by atoms with E-state index in [0.29, 0.717) is 51.5 Å². The van der Waals surface area contributed by atoms with Crippen molar-refractivity contribution in [3.05, 3.63) is 57.9 Å². The van der Waals surface area contributed by atoms with Gasteiger partial charge in [-0.05, 0) is 46.2 Å². The van der Waals surface area contributed by atoms with Crippen LogP contribution in [0.1, 0.15) is 43.1 Å². The Bertz CT molecular complexity index is 2340. The van der Waals surface area contributed by atoms with E-state index in [1.54, 1.807) is 46.3 Å². The summed E-state index contributed by atoms with van der Waals surface area (Å²) in [4.78, 5) is 56.7. The normalized spacial score (nSPS) is 18.0. The van der Waals surface area contributed by atoms with Gasteiger partial charge in [0.05, 0.1) is 33.2 Å². The molecule has 5 aromatic rings. The maximum absolute atomic E-state index is 16.0. The SMILES string of the molecule is CN1C[C@@H]2CCN(c3c(-c4cnc5c(c4)c(=O)c(C(=O)O)cn5C)cnc4[nH]c5c(N(C)C(=O)OC(C)(C)C)cc(F)c(C#N)c5c34)[C@@H]2C1. The van der Waals surface area contributed by atoms with E-state index in [2.05, 4.69) is 26.8 Å². The average Bonchev–Trinajstić information content (AvgIpc) is 3.72. The molecule has 0 spiro atoms. The van der Waals surface area contributed by atoms with Crippen LogP contribution in [0.5, 0.6) is 0 Å². The fourth-order valence-corrected chi connectivity index (χ4v) is 7.39. The fraction of sp³-hybridized carbons (Fsp3) is 0.371. The molecule has 14 heteroatoms. The molecule has 2 aliphatic rings. The Labute approximate surface area is 280 Å².